The van der Waals surface area contributed by atoms with Crippen LogP contribution >= 0.6 is 11.3 Å². The highest BCUT2D eigenvalue weighted by Crippen LogP contribution is 2.16. The number of fused-ring (bicyclic) bond motifs is 1. The van der Waals surface area contributed by atoms with Crippen molar-refractivity contribution in [1.82, 2.24) is 9.97 Å². The number of nitrogens with zero attached hydrogens (tertiary/aromatic N) is 2. The zero-order valence-electron chi connectivity index (χ0n) is 4.91. The summed E-state index contributed by atoms with van der Waals surface area (Å²) >= 11 is 0.963. The highest BCUT2D eigenvalue weighted by Gasteiger charge is 2.00. The van der Waals surface area contributed by atoms with Gasteiger partial charge in [-0.25, -0.2) is 9.97 Å². The molecule has 4 heteroatoms. The first-order valence-electron chi connectivity index (χ1n) is 2.73. The number of hydrogen-bond acceptors (Lipinski definition) is 3. The standard InChI is InChI=1S/C6H3FN2S/c7-6-9-4-2-1-3-8-5(4)10-6/h1-3H. The molecule has 2 nitrogen and oxygen atoms in total. The maximum absolute atomic E-state index is 12.4. The molecule has 0 unspecified atom stereocenters. The molecule has 0 aliphatic carbocycles. The third kappa shape index (κ3) is 0.769. The first-order chi connectivity index (χ1) is 4.86. The van der Waals surface area contributed by atoms with Gasteiger partial charge in [0.05, 0.1) is 0 Å². The number of rotatable bonds is 0. The van der Waals surface area contributed by atoms with Crippen molar-refractivity contribution in [1.29, 1.82) is 0 Å². The fraction of sp³-hybridized carbons (Fsp3) is 0. The van der Waals surface area contributed by atoms with Gasteiger partial charge < -0.3 is 0 Å². The Bertz CT molecular complexity index is 324. The van der Waals surface area contributed by atoms with Gasteiger partial charge in [-0.05, 0) is 12.1 Å². The molecule has 2 heterocycles. The van der Waals surface area contributed by atoms with Crippen molar-refractivity contribution in [2.75, 3.05) is 0 Å². The molecule has 0 spiro atoms. The molecule has 0 N–H and O–H groups in total. The Labute approximate surface area is 60.4 Å². The third-order valence-electron chi connectivity index (χ3n) is 1.14. The summed E-state index contributed by atoms with van der Waals surface area (Å²) in [5, 5.41) is -0.422. The van der Waals surface area contributed by atoms with Gasteiger partial charge in [-0.15, -0.1) is 0 Å². The van der Waals surface area contributed by atoms with E-state index in [0.29, 0.717) is 10.3 Å². The molecule has 0 aromatic carbocycles. The number of hydrogen-bond donors (Lipinski definition) is 0. The van der Waals surface area contributed by atoms with Crippen LogP contribution in [-0.2, 0) is 0 Å². The minimum absolute atomic E-state index is 0.422. The molecule has 0 fully saturated rings. The molecule has 0 saturated heterocycles. The largest absolute Gasteiger partial charge is 0.271 e. The van der Waals surface area contributed by atoms with Crippen LogP contribution in [0.15, 0.2) is 18.3 Å². The van der Waals surface area contributed by atoms with Crippen molar-refractivity contribution >= 4 is 21.7 Å². The van der Waals surface area contributed by atoms with E-state index in [4.69, 9.17) is 0 Å². The lowest BCUT2D eigenvalue weighted by Crippen LogP contribution is -1.69. The van der Waals surface area contributed by atoms with Crippen LogP contribution < -0.4 is 0 Å². The normalized spacial score (nSPS) is 10.5. The Kier molecular flexibility index (Phi) is 1.14. The molecule has 0 radical (unpaired) electrons. The summed E-state index contributed by atoms with van der Waals surface area (Å²) in [6.45, 7) is 0. The SMILES string of the molecule is Fc1nc2cccnc2s1. The summed E-state index contributed by atoms with van der Waals surface area (Å²) in [6.07, 6.45) is 1.62. The molecular formula is C6H3FN2S. The lowest BCUT2D eigenvalue weighted by molar-refractivity contribution is 0.620. The monoisotopic (exact) mass is 154 g/mol. The molecule has 0 saturated carbocycles. The first kappa shape index (κ1) is 5.73. The van der Waals surface area contributed by atoms with Crippen molar-refractivity contribution in [3.8, 4) is 0 Å². The van der Waals surface area contributed by atoms with Crippen LogP contribution in [0.3, 0.4) is 0 Å². The predicted molar refractivity (Wildman–Crippen MR) is 37.4 cm³/mol. The summed E-state index contributed by atoms with van der Waals surface area (Å²) in [4.78, 5) is 8.17. The van der Waals surface area contributed by atoms with E-state index in [0.717, 1.165) is 11.3 Å². The second-order valence-corrected chi connectivity index (χ2v) is 2.72. The summed E-state index contributed by atoms with van der Waals surface area (Å²) in [5.74, 6) is 0. The topological polar surface area (TPSA) is 25.8 Å². The number of pyridine rings is 1. The van der Waals surface area contributed by atoms with E-state index in [1.807, 2.05) is 0 Å². The second kappa shape index (κ2) is 1.98. The van der Waals surface area contributed by atoms with Gasteiger partial charge in [0.25, 0.3) is 5.26 Å². The fourth-order valence-electron chi connectivity index (χ4n) is 0.743. The van der Waals surface area contributed by atoms with Gasteiger partial charge in [-0.3, -0.25) is 0 Å². The third-order valence-corrected chi connectivity index (χ3v) is 1.91. The zero-order valence-corrected chi connectivity index (χ0v) is 5.73. The Morgan fingerprint density at radius 2 is 2.40 bits per heavy atom. The van der Waals surface area contributed by atoms with Crippen LogP contribution in [-0.4, -0.2) is 9.97 Å². The summed E-state index contributed by atoms with van der Waals surface area (Å²) in [6, 6.07) is 3.48. The van der Waals surface area contributed by atoms with Gasteiger partial charge in [0.1, 0.15) is 10.3 Å². The maximum Gasteiger partial charge on any atom is 0.271 e. The molecule has 0 aliphatic heterocycles. The van der Waals surface area contributed by atoms with Crippen LogP contribution in [0, 0.1) is 5.26 Å². The predicted octanol–water partition coefficient (Wildman–Crippen LogP) is 1.83. The highest BCUT2D eigenvalue weighted by molar-refractivity contribution is 7.16. The van der Waals surface area contributed by atoms with Crippen LogP contribution in [0.4, 0.5) is 4.39 Å². The van der Waals surface area contributed by atoms with E-state index in [1.165, 1.54) is 0 Å². The second-order valence-electron chi connectivity index (χ2n) is 1.79. The Morgan fingerprint density at radius 1 is 1.50 bits per heavy atom. The zero-order chi connectivity index (χ0) is 6.97. The van der Waals surface area contributed by atoms with Crippen LogP contribution in [0.5, 0.6) is 0 Å². The number of thiazole rings is 1. The van der Waals surface area contributed by atoms with E-state index in [-0.39, 0.29) is 0 Å². The number of aromatic nitrogens is 2. The fourth-order valence-corrected chi connectivity index (χ4v) is 1.38. The molecule has 2 aromatic rings. The Hall–Kier alpha value is -1.03. The van der Waals surface area contributed by atoms with Gasteiger partial charge in [-0.1, -0.05) is 11.3 Å². The van der Waals surface area contributed by atoms with E-state index in [9.17, 15) is 4.39 Å². The van der Waals surface area contributed by atoms with E-state index < -0.39 is 5.26 Å². The average molecular weight is 154 g/mol. The molecule has 0 aliphatic rings. The van der Waals surface area contributed by atoms with Crippen molar-refractivity contribution in [2.24, 2.45) is 0 Å². The Morgan fingerprint density at radius 3 is 3.20 bits per heavy atom. The quantitative estimate of drug-likeness (QED) is 0.578. The molecular weight excluding hydrogens is 151 g/mol. The minimum Gasteiger partial charge on any atom is -0.244 e. The minimum atomic E-state index is -0.422. The van der Waals surface area contributed by atoms with Gasteiger partial charge >= 0.3 is 0 Å². The molecule has 0 bridgehead atoms. The van der Waals surface area contributed by atoms with E-state index >= 15 is 0 Å². The van der Waals surface area contributed by atoms with E-state index in [2.05, 4.69) is 9.97 Å². The molecule has 0 amide bonds. The Balaban J connectivity index is 2.88. The van der Waals surface area contributed by atoms with Crippen molar-refractivity contribution < 1.29 is 4.39 Å². The number of halogens is 1. The van der Waals surface area contributed by atoms with E-state index in [1.54, 1.807) is 18.3 Å². The molecule has 50 valence electrons. The molecule has 2 aromatic heterocycles. The van der Waals surface area contributed by atoms with Gasteiger partial charge in [0.2, 0.25) is 0 Å². The van der Waals surface area contributed by atoms with Crippen molar-refractivity contribution in [3.63, 3.8) is 0 Å². The smallest absolute Gasteiger partial charge is 0.244 e. The molecule has 0 atom stereocenters. The lowest BCUT2D eigenvalue weighted by Gasteiger charge is -1.79. The van der Waals surface area contributed by atoms with Crippen LogP contribution in [0.2, 0.25) is 0 Å². The van der Waals surface area contributed by atoms with Crippen molar-refractivity contribution in [2.45, 2.75) is 0 Å². The summed E-state index contributed by atoms with van der Waals surface area (Å²) in [5.41, 5.74) is 0.630. The lowest BCUT2D eigenvalue weighted by atomic mass is 10.5. The first-order valence-corrected chi connectivity index (χ1v) is 3.55. The van der Waals surface area contributed by atoms with Crippen LogP contribution in [0.25, 0.3) is 10.3 Å². The molecule has 2 rings (SSSR count). The van der Waals surface area contributed by atoms with Crippen molar-refractivity contribution in [3.05, 3.63) is 23.6 Å². The van der Waals surface area contributed by atoms with Gasteiger partial charge in [0, 0.05) is 6.20 Å². The van der Waals surface area contributed by atoms with Gasteiger partial charge in [-0.2, -0.15) is 4.39 Å². The van der Waals surface area contributed by atoms with Crippen LogP contribution in [0.1, 0.15) is 0 Å². The summed E-state index contributed by atoms with van der Waals surface area (Å²) < 4.78 is 12.4. The summed E-state index contributed by atoms with van der Waals surface area (Å²) in [7, 11) is 0. The maximum atomic E-state index is 12.4. The molecule has 10 heavy (non-hydrogen) atoms. The highest BCUT2D eigenvalue weighted by atomic mass is 32.1. The average Bonchev–Trinajstić information content (AvgIpc) is 2.27. The van der Waals surface area contributed by atoms with Gasteiger partial charge in [0.15, 0.2) is 0 Å².